The summed E-state index contributed by atoms with van der Waals surface area (Å²) in [6, 6.07) is 10.1. The van der Waals surface area contributed by atoms with Crippen LogP contribution in [0.4, 0.5) is 15.0 Å². The van der Waals surface area contributed by atoms with Crippen LogP contribution >= 0.6 is 0 Å². The topological polar surface area (TPSA) is 124 Å². The lowest BCUT2D eigenvalue weighted by atomic mass is 10.2. The third-order valence-electron chi connectivity index (χ3n) is 5.35. The number of nitrogens with two attached hydrogens (primary N) is 1. The first-order valence-electron chi connectivity index (χ1n) is 10.5. The van der Waals surface area contributed by atoms with Crippen LogP contribution in [-0.2, 0) is 6.54 Å². The standard InChI is InChI=1S/C22H21FN8O2/c23-16-6-2-1-4-14(16)13-31-21-15(5-3-7-26-21)18(29-31)20-27-12-17(19(24)28-20)33-22(32)30-10-8-25-9-11-30/h1-7,12,25H,8-11,13H2,(H2,24,27,28). The van der Waals surface area contributed by atoms with Gasteiger partial charge in [0, 0.05) is 37.9 Å². The Morgan fingerprint density at radius 2 is 1.97 bits per heavy atom. The van der Waals surface area contributed by atoms with E-state index in [0.717, 1.165) is 0 Å². The second kappa shape index (κ2) is 8.79. The molecule has 168 valence electrons. The Balaban J connectivity index is 1.45. The monoisotopic (exact) mass is 448 g/mol. The summed E-state index contributed by atoms with van der Waals surface area (Å²) in [6.45, 7) is 2.70. The fourth-order valence-corrected chi connectivity index (χ4v) is 3.66. The van der Waals surface area contributed by atoms with Crippen LogP contribution in [0.3, 0.4) is 0 Å². The van der Waals surface area contributed by atoms with E-state index in [-0.39, 0.29) is 29.8 Å². The number of amides is 1. The van der Waals surface area contributed by atoms with Gasteiger partial charge in [0.15, 0.2) is 23.0 Å². The van der Waals surface area contributed by atoms with Gasteiger partial charge in [-0.25, -0.2) is 28.8 Å². The first kappa shape index (κ1) is 20.8. The predicted octanol–water partition coefficient (Wildman–Crippen LogP) is 2.06. The summed E-state index contributed by atoms with van der Waals surface area (Å²) in [4.78, 5) is 27.0. The van der Waals surface area contributed by atoms with Crippen LogP contribution in [0, 0.1) is 5.82 Å². The number of carbonyl (C=O) groups excluding carboxylic acids is 1. The van der Waals surface area contributed by atoms with E-state index >= 15 is 0 Å². The first-order chi connectivity index (χ1) is 16.1. The fourth-order valence-electron chi connectivity index (χ4n) is 3.66. The lowest BCUT2D eigenvalue weighted by molar-refractivity contribution is 0.146. The van der Waals surface area contributed by atoms with Crippen molar-refractivity contribution in [3.8, 4) is 17.3 Å². The molecule has 0 saturated carbocycles. The van der Waals surface area contributed by atoms with Gasteiger partial charge in [-0.15, -0.1) is 0 Å². The molecule has 1 saturated heterocycles. The van der Waals surface area contributed by atoms with Gasteiger partial charge < -0.3 is 20.7 Å². The van der Waals surface area contributed by atoms with Crippen LogP contribution in [0.5, 0.6) is 5.75 Å². The van der Waals surface area contributed by atoms with Crippen molar-refractivity contribution in [2.24, 2.45) is 0 Å². The summed E-state index contributed by atoms with van der Waals surface area (Å²) in [5.41, 5.74) is 7.56. The van der Waals surface area contributed by atoms with Gasteiger partial charge in [0.2, 0.25) is 0 Å². The second-order valence-electron chi connectivity index (χ2n) is 7.52. The molecule has 1 aliphatic heterocycles. The van der Waals surface area contributed by atoms with Crippen molar-refractivity contribution < 1.29 is 13.9 Å². The number of fused-ring (bicyclic) bond motifs is 1. The van der Waals surface area contributed by atoms with E-state index in [1.165, 1.54) is 12.3 Å². The number of nitrogen functional groups attached to an aromatic ring is 1. The average Bonchev–Trinajstić information content (AvgIpc) is 3.21. The van der Waals surface area contributed by atoms with Gasteiger partial charge in [-0.1, -0.05) is 18.2 Å². The van der Waals surface area contributed by atoms with Crippen molar-refractivity contribution in [3.05, 3.63) is 60.2 Å². The quantitative estimate of drug-likeness (QED) is 0.486. The molecule has 33 heavy (non-hydrogen) atoms. The van der Waals surface area contributed by atoms with E-state index in [2.05, 4.69) is 25.4 Å². The number of pyridine rings is 1. The number of carbonyl (C=O) groups is 1. The predicted molar refractivity (Wildman–Crippen MR) is 119 cm³/mol. The number of nitrogens with one attached hydrogen (secondary N) is 1. The van der Waals surface area contributed by atoms with Crippen LogP contribution < -0.4 is 15.8 Å². The number of hydrogen-bond acceptors (Lipinski definition) is 8. The summed E-state index contributed by atoms with van der Waals surface area (Å²) < 4.78 is 21.2. The van der Waals surface area contributed by atoms with E-state index in [1.54, 1.807) is 40.0 Å². The highest BCUT2D eigenvalue weighted by molar-refractivity contribution is 5.89. The number of rotatable bonds is 4. The number of aromatic nitrogens is 5. The average molecular weight is 448 g/mol. The zero-order valence-corrected chi connectivity index (χ0v) is 17.6. The summed E-state index contributed by atoms with van der Waals surface area (Å²) in [5.74, 6) is 0.0224. The van der Waals surface area contributed by atoms with Crippen LogP contribution in [0.25, 0.3) is 22.6 Å². The molecule has 1 aliphatic rings. The van der Waals surface area contributed by atoms with Gasteiger partial charge in [0.05, 0.1) is 18.1 Å². The highest BCUT2D eigenvalue weighted by Gasteiger charge is 2.21. The number of ether oxygens (including phenoxy) is 1. The highest BCUT2D eigenvalue weighted by atomic mass is 19.1. The minimum atomic E-state index is -0.497. The van der Waals surface area contributed by atoms with Crippen molar-refractivity contribution in [2.45, 2.75) is 6.54 Å². The maximum atomic E-state index is 14.2. The van der Waals surface area contributed by atoms with Gasteiger partial charge >= 0.3 is 6.09 Å². The molecule has 4 aromatic rings. The van der Waals surface area contributed by atoms with E-state index in [9.17, 15) is 9.18 Å². The lowest BCUT2D eigenvalue weighted by Crippen LogP contribution is -2.47. The Kier molecular flexibility index (Phi) is 5.53. The summed E-state index contributed by atoms with van der Waals surface area (Å²) >= 11 is 0. The molecule has 0 unspecified atom stereocenters. The minimum Gasteiger partial charge on any atom is -0.405 e. The third kappa shape index (κ3) is 4.17. The molecule has 1 fully saturated rings. The zero-order valence-electron chi connectivity index (χ0n) is 17.6. The molecular weight excluding hydrogens is 427 g/mol. The maximum Gasteiger partial charge on any atom is 0.415 e. The number of nitrogens with zero attached hydrogens (tertiary/aromatic N) is 6. The van der Waals surface area contributed by atoms with Crippen molar-refractivity contribution in [1.29, 1.82) is 0 Å². The molecule has 0 spiro atoms. The van der Waals surface area contributed by atoms with Gasteiger partial charge in [-0.05, 0) is 18.2 Å². The molecule has 1 amide bonds. The Labute approximate surface area is 188 Å². The molecule has 0 bridgehead atoms. The molecule has 0 atom stereocenters. The van der Waals surface area contributed by atoms with Crippen LogP contribution in [0.1, 0.15) is 5.56 Å². The smallest absolute Gasteiger partial charge is 0.405 e. The second-order valence-corrected chi connectivity index (χ2v) is 7.52. The van der Waals surface area contributed by atoms with Crippen molar-refractivity contribution >= 4 is 22.9 Å². The Bertz CT molecular complexity index is 1320. The Hall–Kier alpha value is -4.12. The third-order valence-corrected chi connectivity index (χ3v) is 5.35. The Morgan fingerprint density at radius 3 is 2.76 bits per heavy atom. The van der Waals surface area contributed by atoms with Crippen molar-refractivity contribution in [3.63, 3.8) is 0 Å². The number of anilines is 1. The van der Waals surface area contributed by atoms with Crippen LogP contribution in [0.2, 0.25) is 0 Å². The molecule has 4 heterocycles. The molecule has 10 nitrogen and oxygen atoms in total. The van der Waals surface area contributed by atoms with E-state index in [0.29, 0.717) is 48.5 Å². The van der Waals surface area contributed by atoms with Crippen molar-refractivity contribution in [1.82, 2.24) is 34.9 Å². The number of piperazine rings is 1. The molecule has 5 rings (SSSR count). The van der Waals surface area contributed by atoms with Gasteiger partial charge in [-0.2, -0.15) is 5.10 Å². The van der Waals surface area contributed by atoms with E-state index < -0.39 is 6.09 Å². The molecular formula is C22H21FN8O2. The normalized spacial score (nSPS) is 13.9. The van der Waals surface area contributed by atoms with Gasteiger partial charge in [-0.3, -0.25) is 0 Å². The molecule has 3 N–H and O–H groups in total. The molecule has 11 heteroatoms. The van der Waals surface area contributed by atoms with Gasteiger partial charge in [0.25, 0.3) is 0 Å². The zero-order chi connectivity index (χ0) is 22.8. The lowest BCUT2D eigenvalue weighted by Gasteiger charge is -2.26. The molecule has 3 aromatic heterocycles. The largest absolute Gasteiger partial charge is 0.415 e. The number of halogens is 1. The minimum absolute atomic E-state index is 0.0178. The van der Waals surface area contributed by atoms with Crippen LogP contribution in [0.15, 0.2) is 48.8 Å². The summed E-state index contributed by atoms with van der Waals surface area (Å²) in [5, 5.41) is 8.45. The maximum absolute atomic E-state index is 14.2. The fraction of sp³-hybridized carbons (Fsp3) is 0.227. The summed E-state index contributed by atoms with van der Waals surface area (Å²) in [6.07, 6.45) is 2.50. The van der Waals surface area contributed by atoms with E-state index in [1.807, 2.05) is 6.07 Å². The highest BCUT2D eigenvalue weighted by Crippen LogP contribution is 2.28. The Morgan fingerprint density at radius 1 is 1.15 bits per heavy atom. The summed E-state index contributed by atoms with van der Waals surface area (Å²) in [7, 11) is 0. The molecule has 1 aromatic carbocycles. The molecule has 0 radical (unpaired) electrons. The SMILES string of the molecule is Nc1nc(-c2nn(Cc3ccccc3F)c3ncccc23)ncc1OC(=O)N1CCNCC1. The first-order valence-corrected chi connectivity index (χ1v) is 10.5. The number of hydrogen-bond donors (Lipinski definition) is 2. The van der Waals surface area contributed by atoms with Crippen molar-refractivity contribution in [2.75, 3.05) is 31.9 Å². The van der Waals surface area contributed by atoms with Crippen LogP contribution in [-0.4, -0.2) is 61.9 Å². The number of benzene rings is 1. The van der Waals surface area contributed by atoms with Gasteiger partial charge in [0.1, 0.15) is 11.5 Å². The molecule has 0 aliphatic carbocycles. The van der Waals surface area contributed by atoms with E-state index in [4.69, 9.17) is 10.5 Å².